The Hall–Kier alpha value is 0.1000. The molecule has 0 aromatic carbocycles. The van der Waals surface area contributed by atoms with Gasteiger partial charge >= 0.3 is 0 Å². The number of hydrogen-bond acceptors (Lipinski definition) is 3. The van der Waals surface area contributed by atoms with Crippen LogP contribution in [0.1, 0.15) is 31.1 Å². The van der Waals surface area contributed by atoms with E-state index in [2.05, 4.69) is 39.6 Å². The first kappa shape index (κ1) is 14.5. The third-order valence-electron chi connectivity index (χ3n) is 3.71. The molecule has 0 unspecified atom stereocenters. The van der Waals surface area contributed by atoms with E-state index in [1.165, 1.54) is 35.0 Å². The molecule has 1 aliphatic rings. The quantitative estimate of drug-likeness (QED) is 0.799. The molecule has 0 aliphatic carbocycles. The van der Waals surface area contributed by atoms with E-state index in [1.807, 2.05) is 11.3 Å². The summed E-state index contributed by atoms with van der Waals surface area (Å²) in [6.07, 6.45) is 4.72. The van der Waals surface area contributed by atoms with Crippen molar-refractivity contribution in [2.24, 2.45) is 5.41 Å². The summed E-state index contributed by atoms with van der Waals surface area (Å²) in [7, 11) is 0. The van der Waals surface area contributed by atoms with Gasteiger partial charge in [-0.05, 0) is 65.0 Å². The molecule has 0 amide bonds. The average molecular weight is 332 g/mol. The van der Waals surface area contributed by atoms with E-state index in [0.717, 1.165) is 26.3 Å². The van der Waals surface area contributed by atoms with Crippen LogP contribution in [0.4, 0.5) is 0 Å². The van der Waals surface area contributed by atoms with Gasteiger partial charge in [-0.1, -0.05) is 6.92 Å². The minimum atomic E-state index is 0.390. The van der Waals surface area contributed by atoms with Crippen molar-refractivity contribution in [2.45, 2.75) is 32.6 Å². The third-order valence-corrected chi connectivity index (χ3v) is 5.63. The number of hydrogen-bond donors (Lipinski definition) is 1. The Bertz CT molecular complexity index is 360. The molecule has 102 valence electrons. The van der Waals surface area contributed by atoms with Gasteiger partial charge in [-0.15, -0.1) is 11.3 Å². The topological polar surface area (TPSA) is 21.3 Å². The molecule has 1 aromatic heterocycles. The molecule has 2 rings (SSSR count). The van der Waals surface area contributed by atoms with Crippen molar-refractivity contribution in [3.63, 3.8) is 0 Å². The SMILES string of the molecule is CCCNCC1(Cc2sccc2Br)CCOCC1. The van der Waals surface area contributed by atoms with Gasteiger partial charge in [0.15, 0.2) is 0 Å². The minimum Gasteiger partial charge on any atom is -0.381 e. The van der Waals surface area contributed by atoms with Gasteiger partial charge in [0.25, 0.3) is 0 Å². The van der Waals surface area contributed by atoms with Gasteiger partial charge in [0.1, 0.15) is 0 Å². The summed E-state index contributed by atoms with van der Waals surface area (Å²) in [5, 5.41) is 5.78. The largest absolute Gasteiger partial charge is 0.381 e. The smallest absolute Gasteiger partial charge is 0.0471 e. The van der Waals surface area contributed by atoms with E-state index in [9.17, 15) is 0 Å². The van der Waals surface area contributed by atoms with E-state index < -0.39 is 0 Å². The number of halogens is 1. The highest BCUT2D eigenvalue weighted by molar-refractivity contribution is 9.10. The second kappa shape index (κ2) is 7.04. The molecule has 1 N–H and O–H groups in total. The lowest BCUT2D eigenvalue weighted by molar-refractivity contribution is 0.0153. The highest BCUT2D eigenvalue weighted by atomic mass is 79.9. The number of thiophene rings is 1. The van der Waals surface area contributed by atoms with Gasteiger partial charge in [-0.2, -0.15) is 0 Å². The molecule has 1 fully saturated rings. The van der Waals surface area contributed by atoms with E-state index in [0.29, 0.717) is 5.41 Å². The first-order chi connectivity index (χ1) is 8.76. The minimum absolute atomic E-state index is 0.390. The summed E-state index contributed by atoms with van der Waals surface area (Å²) in [4.78, 5) is 1.48. The van der Waals surface area contributed by atoms with Crippen molar-refractivity contribution in [3.8, 4) is 0 Å². The molecular weight excluding hydrogens is 310 g/mol. The van der Waals surface area contributed by atoms with Crippen LogP contribution < -0.4 is 5.32 Å². The summed E-state index contributed by atoms with van der Waals surface area (Å²) in [5.41, 5.74) is 0.390. The second-order valence-electron chi connectivity index (χ2n) is 5.16. The van der Waals surface area contributed by atoms with Crippen LogP contribution in [-0.2, 0) is 11.2 Å². The zero-order valence-corrected chi connectivity index (χ0v) is 13.4. The lowest BCUT2D eigenvalue weighted by Gasteiger charge is -2.37. The predicted octanol–water partition coefficient (Wildman–Crippen LogP) is 3.85. The van der Waals surface area contributed by atoms with Crippen molar-refractivity contribution in [1.29, 1.82) is 0 Å². The molecular formula is C14H22BrNOS. The molecule has 0 atom stereocenters. The highest BCUT2D eigenvalue weighted by Crippen LogP contribution is 2.37. The van der Waals surface area contributed by atoms with Crippen molar-refractivity contribution in [1.82, 2.24) is 5.32 Å². The number of nitrogens with one attached hydrogen (secondary N) is 1. The van der Waals surface area contributed by atoms with Gasteiger partial charge in [-0.3, -0.25) is 0 Å². The van der Waals surface area contributed by atoms with E-state index in [1.54, 1.807) is 0 Å². The maximum Gasteiger partial charge on any atom is 0.0471 e. The van der Waals surface area contributed by atoms with Crippen molar-refractivity contribution in [3.05, 3.63) is 20.8 Å². The van der Waals surface area contributed by atoms with Crippen molar-refractivity contribution >= 4 is 27.3 Å². The fourth-order valence-electron chi connectivity index (χ4n) is 2.54. The number of ether oxygens (including phenoxy) is 1. The van der Waals surface area contributed by atoms with Gasteiger partial charge < -0.3 is 10.1 Å². The predicted molar refractivity (Wildman–Crippen MR) is 81.4 cm³/mol. The van der Waals surface area contributed by atoms with Gasteiger partial charge in [0.05, 0.1) is 0 Å². The monoisotopic (exact) mass is 331 g/mol. The van der Waals surface area contributed by atoms with Crippen LogP contribution in [0.25, 0.3) is 0 Å². The summed E-state index contributed by atoms with van der Waals surface area (Å²) in [5.74, 6) is 0. The Morgan fingerprint density at radius 2 is 2.22 bits per heavy atom. The zero-order chi connectivity index (χ0) is 12.8. The van der Waals surface area contributed by atoms with Gasteiger partial charge in [0, 0.05) is 29.1 Å². The molecule has 0 spiro atoms. The molecule has 2 heterocycles. The van der Waals surface area contributed by atoms with Crippen molar-refractivity contribution in [2.75, 3.05) is 26.3 Å². The Morgan fingerprint density at radius 1 is 1.44 bits per heavy atom. The fraction of sp³-hybridized carbons (Fsp3) is 0.714. The van der Waals surface area contributed by atoms with Crippen LogP contribution in [0.5, 0.6) is 0 Å². The molecule has 2 nitrogen and oxygen atoms in total. The first-order valence-corrected chi connectivity index (χ1v) is 8.43. The van der Waals surface area contributed by atoms with Crippen LogP contribution in [0.2, 0.25) is 0 Å². The standard InChI is InChI=1S/C14H22BrNOS/c1-2-6-16-11-14(4-7-17-8-5-14)10-13-12(15)3-9-18-13/h3,9,16H,2,4-8,10-11H2,1H3. The molecule has 1 saturated heterocycles. The summed E-state index contributed by atoms with van der Waals surface area (Å²) >= 11 is 5.52. The Morgan fingerprint density at radius 3 is 2.83 bits per heavy atom. The van der Waals surface area contributed by atoms with E-state index >= 15 is 0 Å². The average Bonchev–Trinajstić information content (AvgIpc) is 2.76. The Kier molecular flexibility index (Phi) is 5.67. The molecule has 4 heteroatoms. The van der Waals surface area contributed by atoms with Crippen molar-refractivity contribution < 1.29 is 4.74 Å². The number of rotatable bonds is 6. The zero-order valence-electron chi connectivity index (χ0n) is 11.0. The Balaban J connectivity index is 2.01. The first-order valence-electron chi connectivity index (χ1n) is 6.76. The highest BCUT2D eigenvalue weighted by Gasteiger charge is 2.33. The van der Waals surface area contributed by atoms with Crippen LogP contribution in [0, 0.1) is 5.41 Å². The maximum atomic E-state index is 5.54. The van der Waals surface area contributed by atoms with E-state index in [4.69, 9.17) is 4.74 Å². The molecule has 1 aliphatic heterocycles. The normalized spacial score (nSPS) is 19.0. The van der Waals surface area contributed by atoms with E-state index in [-0.39, 0.29) is 0 Å². The summed E-state index contributed by atoms with van der Waals surface area (Å²) in [6, 6.07) is 2.16. The summed E-state index contributed by atoms with van der Waals surface area (Å²) in [6.45, 7) is 6.29. The lowest BCUT2D eigenvalue weighted by atomic mass is 9.76. The molecule has 18 heavy (non-hydrogen) atoms. The lowest BCUT2D eigenvalue weighted by Crippen LogP contribution is -2.41. The molecule has 0 radical (unpaired) electrons. The van der Waals surface area contributed by atoms with Crippen LogP contribution >= 0.6 is 27.3 Å². The fourth-order valence-corrected chi connectivity index (χ4v) is 4.21. The molecule has 1 aromatic rings. The Labute approximate surface area is 122 Å². The molecule has 0 saturated carbocycles. The summed E-state index contributed by atoms with van der Waals surface area (Å²) < 4.78 is 6.82. The van der Waals surface area contributed by atoms with Gasteiger partial charge in [-0.25, -0.2) is 0 Å². The van der Waals surface area contributed by atoms with Gasteiger partial charge in [0.2, 0.25) is 0 Å². The van der Waals surface area contributed by atoms with Crippen LogP contribution in [0.3, 0.4) is 0 Å². The maximum absolute atomic E-state index is 5.54. The third kappa shape index (κ3) is 3.80. The van der Waals surface area contributed by atoms with Crippen LogP contribution in [0.15, 0.2) is 15.9 Å². The second-order valence-corrected chi connectivity index (χ2v) is 7.01. The molecule has 0 bridgehead atoms. The van der Waals surface area contributed by atoms with Crippen LogP contribution in [-0.4, -0.2) is 26.3 Å².